The van der Waals surface area contributed by atoms with E-state index in [0.29, 0.717) is 5.01 Å². The minimum absolute atomic E-state index is 0.256. The lowest BCUT2D eigenvalue weighted by atomic mass is 10.1. The predicted octanol–water partition coefficient (Wildman–Crippen LogP) is 3.09. The Hall–Kier alpha value is -2.95. The van der Waals surface area contributed by atoms with E-state index in [1.807, 2.05) is 32.0 Å². The van der Waals surface area contributed by atoms with E-state index in [4.69, 9.17) is 5.73 Å². The van der Waals surface area contributed by atoms with Gasteiger partial charge < -0.3 is 15.7 Å². The van der Waals surface area contributed by atoms with Crippen LogP contribution >= 0.6 is 11.3 Å². The van der Waals surface area contributed by atoms with Gasteiger partial charge in [-0.05, 0) is 51.0 Å². The van der Waals surface area contributed by atoms with Crippen LogP contribution in [0, 0.1) is 25.7 Å². The zero-order valence-corrected chi connectivity index (χ0v) is 16.8. The molecule has 1 aromatic carbocycles. The van der Waals surface area contributed by atoms with Gasteiger partial charge in [-0.3, -0.25) is 0 Å². The molecular weight excluding hydrogens is 370 g/mol. The summed E-state index contributed by atoms with van der Waals surface area (Å²) in [5.74, 6) is 7.12. The molecule has 0 saturated carbocycles. The monoisotopic (exact) mass is 391 g/mol. The zero-order valence-electron chi connectivity index (χ0n) is 16.0. The highest BCUT2D eigenvalue weighted by molar-refractivity contribution is 7.11. The maximum absolute atomic E-state index is 10.8. The predicted molar refractivity (Wildman–Crippen MR) is 112 cm³/mol. The summed E-state index contributed by atoms with van der Waals surface area (Å²) in [4.78, 5) is 15.9. The van der Waals surface area contributed by atoms with Gasteiger partial charge in [0.05, 0.1) is 5.69 Å². The fourth-order valence-electron chi connectivity index (χ4n) is 3.14. The number of nitrogens with two attached hydrogens (primary N) is 1. The average molecular weight is 392 g/mol. The molecule has 1 unspecified atom stereocenters. The molecule has 1 atom stereocenters. The summed E-state index contributed by atoms with van der Waals surface area (Å²) in [6.07, 6.45) is 2.59. The first-order valence-electron chi connectivity index (χ1n) is 9.02. The molecule has 28 heavy (non-hydrogen) atoms. The standard InChI is InChI=1S/C21H21N5OS/c1-13-14(2)28-19(24-13)21(3,27)9-6-15-4-5-16-8-11-26(17(16)12-15)18-7-10-23-20(22)25-18/h4-5,7,10,12,27H,8,11H2,1-3H3,(H2,22,23,25). The number of aliphatic hydroxyl groups is 1. The Morgan fingerprint density at radius 3 is 2.79 bits per heavy atom. The summed E-state index contributed by atoms with van der Waals surface area (Å²) in [7, 11) is 0. The van der Waals surface area contributed by atoms with Crippen molar-refractivity contribution in [1.82, 2.24) is 15.0 Å². The first-order valence-corrected chi connectivity index (χ1v) is 9.84. The molecule has 0 bridgehead atoms. The quantitative estimate of drug-likeness (QED) is 0.653. The Labute approximate surface area is 168 Å². The van der Waals surface area contributed by atoms with Crippen LogP contribution < -0.4 is 10.6 Å². The molecule has 3 N–H and O–H groups in total. The van der Waals surface area contributed by atoms with Gasteiger partial charge in [0, 0.05) is 28.9 Å². The summed E-state index contributed by atoms with van der Waals surface area (Å²) in [5.41, 5.74) is 8.51. The highest BCUT2D eigenvalue weighted by Crippen LogP contribution is 2.34. The van der Waals surface area contributed by atoms with Crippen LogP contribution in [0.5, 0.6) is 0 Å². The van der Waals surface area contributed by atoms with Crippen LogP contribution in [0.1, 0.15) is 33.6 Å². The van der Waals surface area contributed by atoms with Crippen molar-refractivity contribution in [3.8, 4) is 11.8 Å². The molecule has 3 heterocycles. The van der Waals surface area contributed by atoms with Gasteiger partial charge in [0.2, 0.25) is 5.95 Å². The van der Waals surface area contributed by atoms with Crippen molar-refractivity contribution in [3.63, 3.8) is 0 Å². The Balaban J connectivity index is 1.65. The molecule has 0 saturated heterocycles. The molecule has 6 nitrogen and oxygen atoms in total. The number of fused-ring (bicyclic) bond motifs is 1. The van der Waals surface area contributed by atoms with Crippen molar-refractivity contribution in [2.24, 2.45) is 0 Å². The van der Waals surface area contributed by atoms with Gasteiger partial charge in [-0.25, -0.2) is 9.97 Å². The van der Waals surface area contributed by atoms with E-state index in [1.54, 1.807) is 13.1 Å². The summed E-state index contributed by atoms with van der Waals surface area (Å²) in [6.45, 7) is 6.45. The minimum atomic E-state index is -1.29. The Morgan fingerprint density at radius 2 is 2.07 bits per heavy atom. The van der Waals surface area contributed by atoms with Crippen LogP contribution in [0.3, 0.4) is 0 Å². The molecule has 0 radical (unpaired) electrons. The number of hydrogen-bond acceptors (Lipinski definition) is 7. The van der Waals surface area contributed by atoms with Crippen LogP contribution in [-0.4, -0.2) is 26.6 Å². The van der Waals surface area contributed by atoms with Crippen LogP contribution in [0.15, 0.2) is 30.5 Å². The zero-order chi connectivity index (χ0) is 19.9. The molecule has 7 heteroatoms. The molecule has 1 aliphatic heterocycles. The van der Waals surface area contributed by atoms with Gasteiger partial charge in [-0.1, -0.05) is 17.9 Å². The number of aromatic nitrogens is 3. The van der Waals surface area contributed by atoms with E-state index in [2.05, 4.69) is 37.8 Å². The summed E-state index contributed by atoms with van der Waals surface area (Å²) in [5, 5.41) is 11.4. The van der Waals surface area contributed by atoms with Crippen molar-refractivity contribution in [2.45, 2.75) is 32.8 Å². The maximum atomic E-state index is 10.8. The highest BCUT2D eigenvalue weighted by atomic mass is 32.1. The molecular formula is C21H21N5OS. The summed E-state index contributed by atoms with van der Waals surface area (Å²) < 4.78 is 0. The van der Waals surface area contributed by atoms with Gasteiger partial charge in [0.15, 0.2) is 5.60 Å². The number of aryl methyl sites for hydroxylation is 2. The second kappa shape index (κ2) is 6.89. The van der Waals surface area contributed by atoms with Crippen LogP contribution in [-0.2, 0) is 12.0 Å². The number of rotatable bonds is 2. The maximum Gasteiger partial charge on any atom is 0.221 e. The summed E-state index contributed by atoms with van der Waals surface area (Å²) >= 11 is 1.48. The third-order valence-electron chi connectivity index (χ3n) is 4.81. The Bertz CT molecular complexity index is 1090. The largest absolute Gasteiger partial charge is 0.371 e. The van der Waals surface area contributed by atoms with Gasteiger partial charge >= 0.3 is 0 Å². The SMILES string of the molecule is Cc1nc(C(C)(O)C#Cc2ccc3c(c2)N(c2ccnc(N)n2)CC3)sc1C. The molecule has 2 aromatic heterocycles. The second-order valence-electron chi connectivity index (χ2n) is 7.00. The van der Waals surface area contributed by atoms with Gasteiger partial charge in [0.1, 0.15) is 10.8 Å². The fourth-order valence-corrected chi connectivity index (χ4v) is 4.05. The van der Waals surface area contributed by atoms with Gasteiger partial charge in [-0.15, -0.1) is 11.3 Å². The van der Waals surface area contributed by atoms with Gasteiger partial charge in [0.25, 0.3) is 0 Å². The van der Waals surface area contributed by atoms with E-state index in [9.17, 15) is 5.11 Å². The fraction of sp³-hybridized carbons (Fsp3) is 0.286. The summed E-state index contributed by atoms with van der Waals surface area (Å²) in [6, 6.07) is 7.94. The van der Waals surface area contributed by atoms with Crippen LogP contribution in [0.2, 0.25) is 0 Å². The van der Waals surface area contributed by atoms with Crippen molar-refractivity contribution in [3.05, 3.63) is 57.2 Å². The number of nitrogen functional groups attached to an aromatic ring is 1. The third kappa shape index (κ3) is 3.44. The van der Waals surface area contributed by atoms with Crippen molar-refractivity contribution < 1.29 is 5.11 Å². The third-order valence-corrected chi connectivity index (χ3v) is 6.10. The lowest BCUT2D eigenvalue weighted by molar-refractivity contribution is 0.121. The average Bonchev–Trinajstić information content (AvgIpc) is 3.23. The van der Waals surface area contributed by atoms with E-state index >= 15 is 0 Å². The first-order chi connectivity index (χ1) is 13.3. The molecule has 142 valence electrons. The number of hydrogen-bond donors (Lipinski definition) is 2. The van der Waals surface area contributed by atoms with Crippen molar-refractivity contribution in [1.29, 1.82) is 0 Å². The van der Waals surface area contributed by atoms with Crippen LogP contribution in [0.25, 0.3) is 0 Å². The molecule has 1 aliphatic rings. The highest BCUT2D eigenvalue weighted by Gasteiger charge is 2.25. The van der Waals surface area contributed by atoms with Crippen LogP contribution in [0.4, 0.5) is 17.5 Å². The Kier molecular flexibility index (Phi) is 4.53. The van der Waals surface area contributed by atoms with E-state index in [1.165, 1.54) is 16.9 Å². The first kappa shape index (κ1) is 18.4. The van der Waals surface area contributed by atoms with Crippen molar-refractivity contribution in [2.75, 3.05) is 17.2 Å². The van der Waals surface area contributed by atoms with E-state index in [0.717, 1.165) is 40.6 Å². The minimum Gasteiger partial charge on any atom is -0.371 e. The Morgan fingerprint density at radius 1 is 1.25 bits per heavy atom. The number of nitrogens with zero attached hydrogens (tertiary/aromatic N) is 4. The molecule has 3 aromatic rings. The van der Waals surface area contributed by atoms with E-state index < -0.39 is 5.60 Å². The molecule has 0 amide bonds. The smallest absolute Gasteiger partial charge is 0.221 e. The molecule has 4 rings (SSSR count). The number of anilines is 3. The van der Waals surface area contributed by atoms with Gasteiger partial charge in [-0.2, -0.15) is 4.98 Å². The van der Waals surface area contributed by atoms with E-state index in [-0.39, 0.29) is 5.95 Å². The lowest BCUT2D eigenvalue weighted by Crippen LogP contribution is -2.18. The van der Waals surface area contributed by atoms with Crippen molar-refractivity contribution >= 4 is 28.8 Å². The second-order valence-corrected chi connectivity index (χ2v) is 8.20. The molecule has 0 spiro atoms. The lowest BCUT2D eigenvalue weighted by Gasteiger charge is -2.18. The normalized spacial score (nSPS) is 14.9. The molecule has 0 aliphatic carbocycles. The topological polar surface area (TPSA) is 88.2 Å². The number of thiazole rings is 1. The number of benzene rings is 1. The molecule has 0 fully saturated rings.